The number of aromatic nitrogens is 2. The highest BCUT2D eigenvalue weighted by Gasteiger charge is 2.09. The number of nitrogens with one attached hydrogen (secondary N) is 1. The van der Waals surface area contributed by atoms with Crippen molar-refractivity contribution in [1.29, 1.82) is 0 Å². The number of nitrogens with two attached hydrogens (primary N) is 1. The summed E-state index contributed by atoms with van der Waals surface area (Å²) in [4.78, 5) is 15.7. The van der Waals surface area contributed by atoms with Crippen LogP contribution in [0.15, 0.2) is 18.7 Å². The van der Waals surface area contributed by atoms with Gasteiger partial charge in [0.1, 0.15) is 0 Å². The maximum atomic E-state index is 11.8. The molecule has 1 amide bonds. The van der Waals surface area contributed by atoms with Crippen LogP contribution in [0.25, 0.3) is 0 Å². The second kappa shape index (κ2) is 10.4. The Morgan fingerprint density at radius 2 is 2.25 bits per heavy atom. The fourth-order valence-electron chi connectivity index (χ4n) is 2.41. The Balaban J connectivity index is 2.07. The first-order chi connectivity index (χ1) is 9.76. The van der Waals surface area contributed by atoms with Crippen LogP contribution in [-0.2, 0) is 11.3 Å². The predicted octanol–water partition coefficient (Wildman–Crippen LogP) is 1.93. The number of hydrogen-bond acceptors (Lipinski definition) is 3. The van der Waals surface area contributed by atoms with Crippen molar-refractivity contribution in [3.8, 4) is 0 Å². The van der Waals surface area contributed by atoms with Crippen LogP contribution < -0.4 is 11.1 Å². The Morgan fingerprint density at radius 3 is 2.90 bits per heavy atom. The first-order valence-corrected chi connectivity index (χ1v) is 7.68. The number of imidazole rings is 1. The molecule has 0 saturated heterocycles. The van der Waals surface area contributed by atoms with Crippen LogP contribution in [0.2, 0.25) is 0 Å². The summed E-state index contributed by atoms with van der Waals surface area (Å²) in [5.74, 6) is 0.760. The first-order valence-electron chi connectivity index (χ1n) is 7.68. The molecule has 20 heavy (non-hydrogen) atoms. The maximum Gasteiger partial charge on any atom is 0.220 e. The number of aryl methyl sites for hydroxylation is 1. The van der Waals surface area contributed by atoms with Gasteiger partial charge in [-0.2, -0.15) is 0 Å². The van der Waals surface area contributed by atoms with E-state index in [1.54, 1.807) is 12.5 Å². The molecule has 1 atom stereocenters. The molecule has 0 fully saturated rings. The summed E-state index contributed by atoms with van der Waals surface area (Å²) in [5.41, 5.74) is 5.60. The van der Waals surface area contributed by atoms with Crippen molar-refractivity contribution in [2.24, 2.45) is 11.7 Å². The van der Waals surface area contributed by atoms with Gasteiger partial charge < -0.3 is 15.6 Å². The molecule has 0 radical (unpaired) electrons. The van der Waals surface area contributed by atoms with Crippen molar-refractivity contribution in [2.45, 2.75) is 52.0 Å². The molecule has 1 heterocycles. The van der Waals surface area contributed by atoms with Crippen LogP contribution in [-0.4, -0.2) is 28.5 Å². The minimum atomic E-state index is 0.161. The van der Waals surface area contributed by atoms with Gasteiger partial charge in [-0.1, -0.05) is 19.8 Å². The molecule has 1 aromatic heterocycles. The Labute approximate surface area is 122 Å². The topological polar surface area (TPSA) is 72.9 Å². The molecule has 0 aliphatic carbocycles. The Kier molecular flexibility index (Phi) is 8.71. The molecule has 0 aliphatic rings. The van der Waals surface area contributed by atoms with Crippen molar-refractivity contribution in [3.63, 3.8) is 0 Å². The Hall–Kier alpha value is -1.36. The van der Waals surface area contributed by atoms with Crippen LogP contribution in [0.5, 0.6) is 0 Å². The summed E-state index contributed by atoms with van der Waals surface area (Å²) in [6, 6.07) is 0. The second-order valence-corrected chi connectivity index (χ2v) is 5.27. The van der Waals surface area contributed by atoms with Gasteiger partial charge in [0, 0.05) is 31.9 Å². The lowest BCUT2D eigenvalue weighted by Crippen LogP contribution is -2.25. The van der Waals surface area contributed by atoms with E-state index in [1.807, 2.05) is 10.8 Å². The largest absolute Gasteiger partial charge is 0.356 e. The average molecular weight is 280 g/mol. The lowest BCUT2D eigenvalue weighted by atomic mass is 9.94. The molecular formula is C15H28N4O. The quantitative estimate of drug-likeness (QED) is 0.608. The number of carbonyl (C=O) groups is 1. The van der Waals surface area contributed by atoms with Crippen LogP contribution in [0.3, 0.4) is 0 Å². The van der Waals surface area contributed by atoms with Gasteiger partial charge in [-0.3, -0.25) is 4.79 Å². The second-order valence-electron chi connectivity index (χ2n) is 5.27. The van der Waals surface area contributed by atoms with E-state index in [4.69, 9.17) is 5.73 Å². The molecule has 0 aromatic carbocycles. The van der Waals surface area contributed by atoms with Crippen LogP contribution in [0.4, 0.5) is 0 Å². The summed E-state index contributed by atoms with van der Waals surface area (Å²) in [6.07, 6.45) is 11.4. The molecule has 0 aliphatic heterocycles. The summed E-state index contributed by atoms with van der Waals surface area (Å²) >= 11 is 0. The average Bonchev–Trinajstić information content (AvgIpc) is 2.95. The van der Waals surface area contributed by atoms with Crippen LogP contribution in [0.1, 0.15) is 45.4 Å². The lowest BCUT2D eigenvalue weighted by molar-refractivity contribution is -0.121. The van der Waals surface area contributed by atoms with Crippen molar-refractivity contribution in [2.75, 3.05) is 13.1 Å². The number of nitrogens with zero attached hydrogens (tertiary/aromatic N) is 2. The first kappa shape index (κ1) is 16.7. The Morgan fingerprint density at radius 1 is 1.40 bits per heavy atom. The molecule has 5 heteroatoms. The third-order valence-electron chi connectivity index (χ3n) is 3.53. The smallest absolute Gasteiger partial charge is 0.220 e. The van der Waals surface area contributed by atoms with E-state index in [-0.39, 0.29) is 5.91 Å². The highest BCUT2D eigenvalue weighted by Crippen LogP contribution is 2.16. The molecular weight excluding hydrogens is 252 g/mol. The summed E-state index contributed by atoms with van der Waals surface area (Å²) in [5, 5.41) is 2.98. The standard InChI is InChI=1S/C15H28N4O/c1-2-4-14(7-8-16)5-6-15(20)18-9-3-11-19-12-10-17-13-19/h10,12-14H,2-9,11,16H2,1H3,(H,18,20). The van der Waals surface area contributed by atoms with Gasteiger partial charge in [-0.25, -0.2) is 4.98 Å². The van der Waals surface area contributed by atoms with Gasteiger partial charge in [0.05, 0.1) is 6.33 Å². The Bertz CT molecular complexity index is 345. The predicted molar refractivity (Wildman–Crippen MR) is 81.2 cm³/mol. The van der Waals surface area contributed by atoms with E-state index in [9.17, 15) is 4.79 Å². The molecule has 1 aromatic rings. The van der Waals surface area contributed by atoms with Gasteiger partial charge in [-0.15, -0.1) is 0 Å². The van der Waals surface area contributed by atoms with Gasteiger partial charge in [0.2, 0.25) is 5.91 Å². The number of amides is 1. The third-order valence-corrected chi connectivity index (χ3v) is 3.53. The van der Waals surface area contributed by atoms with Gasteiger partial charge >= 0.3 is 0 Å². The summed E-state index contributed by atoms with van der Waals surface area (Å²) in [6.45, 7) is 4.52. The molecule has 5 nitrogen and oxygen atoms in total. The van der Waals surface area contributed by atoms with Crippen molar-refractivity contribution >= 4 is 5.91 Å². The molecule has 1 rings (SSSR count). The van der Waals surface area contributed by atoms with Crippen molar-refractivity contribution in [3.05, 3.63) is 18.7 Å². The normalized spacial score (nSPS) is 12.3. The minimum absolute atomic E-state index is 0.161. The summed E-state index contributed by atoms with van der Waals surface area (Å²) < 4.78 is 2.02. The number of rotatable bonds is 11. The molecule has 0 saturated carbocycles. The number of carbonyl (C=O) groups excluding carboxylic acids is 1. The monoisotopic (exact) mass is 280 g/mol. The molecule has 1 unspecified atom stereocenters. The molecule has 114 valence electrons. The summed E-state index contributed by atoms with van der Waals surface area (Å²) in [7, 11) is 0. The highest BCUT2D eigenvalue weighted by molar-refractivity contribution is 5.75. The van der Waals surface area contributed by atoms with Crippen molar-refractivity contribution in [1.82, 2.24) is 14.9 Å². The molecule has 0 spiro atoms. The van der Waals surface area contributed by atoms with Crippen LogP contribution in [0, 0.1) is 5.92 Å². The minimum Gasteiger partial charge on any atom is -0.356 e. The van der Waals surface area contributed by atoms with Gasteiger partial charge in [-0.05, 0) is 31.7 Å². The maximum absolute atomic E-state index is 11.8. The van der Waals surface area contributed by atoms with Gasteiger partial charge in [0.15, 0.2) is 0 Å². The molecule has 3 N–H and O–H groups in total. The number of hydrogen-bond donors (Lipinski definition) is 2. The molecule has 0 bridgehead atoms. The van der Waals surface area contributed by atoms with E-state index < -0.39 is 0 Å². The van der Waals surface area contributed by atoms with E-state index in [0.29, 0.717) is 12.3 Å². The zero-order chi connectivity index (χ0) is 14.6. The fraction of sp³-hybridized carbons (Fsp3) is 0.733. The zero-order valence-corrected chi connectivity index (χ0v) is 12.6. The fourth-order valence-corrected chi connectivity index (χ4v) is 2.41. The third kappa shape index (κ3) is 7.28. The zero-order valence-electron chi connectivity index (χ0n) is 12.6. The van der Waals surface area contributed by atoms with Gasteiger partial charge in [0.25, 0.3) is 0 Å². The lowest BCUT2D eigenvalue weighted by Gasteiger charge is -2.14. The highest BCUT2D eigenvalue weighted by atomic mass is 16.1. The van der Waals surface area contributed by atoms with Crippen LogP contribution >= 0.6 is 0 Å². The van der Waals surface area contributed by atoms with E-state index in [0.717, 1.165) is 45.3 Å². The SMILES string of the molecule is CCCC(CCN)CCC(=O)NCCCn1ccnc1. The van der Waals surface area contributed by atoms with E-state index in [2.05, 4.69) is 17.2 Å². The van der Waals surface area contributed by atoms with Crippen molar-refractivity contribution < 1.29 is 4.79 Å². The van der Waals surface area contributed by atoms with E-state index >= 15 is 0 Å². The van der Waals surface area contributed by atoms with E-state index in [1.165, 1.54) is 6.42 Å².